The first kappa shape index (κ1) is 29.2. The number of rotatable bonds is 10. The van der Waals surface area contributed by atoms with E-state index in [1.165, 1.54) is 29.0 Å². The molecule has 0 bridgehead atoms. The van der Waals surface area contributed by atoms with Crippen LogP contribution in [-0.2, 0) is 32.8 Å². The van der Waals surface area contributed by atoms with Gasteiger partial charge < -0.3 is 34.3 Å². The van der Waals surface area contributed by atoms with Gasteiger partial charge in [-0.25, -0.2) is 14.2 Å². The summed E-state index contributed by atoms with van der Waals surface area (Å²) in [5.41, 5.74) is 4.96. The minimum atomic E-state index is -4.71. The maximum atomic E-state index is 14.4. The van der Waals surface area contributed by atoms with Crippen LogP contribution in [0, 0.1) is 5.92 Å². The summed E-state index contributed by atoms with van der Waals surface area (Å²) in [6, 6.07) is 9.46. The molecular weight excluding hydrogens is 533 g/mol. The maximum Gasteiger partial charge on any atom is 0.422 e. The van der Waals surface area contributed by atoms with Crippen molar-refractivity contribution in [2.24, 2.45) is 5.92 Å². The lowest BCUT2D eigenvalue weighted by Crippen LogP contribution is -2.43. The molecule has 2 aliphatic rings. The number of nitrogens with two attached hydrogens (primary N) is 1. The van der Waals surface area contributed by atoms with Crippen LogP contribution >= 0.6 is 7.60 Å². The lowest BCUT2D eigenvalue weighted by molar-refractivity contribution is -0.200. The molecule has 0 radical (unpaired) electrons. The van der Waals surface area contributed by atoms with Crippen molar-refractivity contribution in [3.8, 4) is 5.75 Å². The van der Waals surface area contributed by atoms with E-state index in [1.54, 1.807) is 45.9 Å². The summed E-state index contributed by atoms with van der Waals surface area (Å²) >= 11 is 0. The van der Waals surface area contributed by atoms with Gasteiger partial charge in [0.05, 0.1) is 13.7 Å². The number of methoxy groups -OCH3 is 1. The van der Waals surface area contributed by atoms with Gasteiger partial charge in [-0.2, -0.15) is 4.98 Å². The Labute approximate surface area is 225 Å². The van der Waals surface area contributed by atoms with E-state index in [0.717, 1.165) is 7.11 Å². The molecule has 0 saturated carbocycles. The smallest absolute Gasteiger partial charge is 0.422 e. The Morgan fingerprint density at radius 2 is 1.90 bits per heavy atom. The molecule has 2 saturated heterocycles. The van der Waals surface area contributed by atoms with Gasteiger partial charge in [-0.15, -0.1) is 0 Å². The molecule has 14 heteroatoms. The van der Waals surface area contributed by atoms with E-state index in [1.807, 2.05) is 0 Å². The number of esters is 1. The number of nitrogen functional groups attached to an aromatic ring is 1. The number of nitrogens with zero attached hydrogens (tertiary/aromatic N) is 2. The first-order valence-electron chi connectivity index (χ1n) is 12.4. The van der Waals surface area contributed by atoms with Crippen molar-refractivity contribution in [1.29, 1.82) is 0 Å². The Hall–Kier alpha value is -2.80. The number of anilines is 1. The monoisotopic (exact) mass is 567 g/mol. The number of carbonyl (C=O) groups excluding carboxylic acids is 1. The zero-order valence-electron chi connectivity index (χ0n) is 22.4. The quantitative estimate of drug-likeness (QED) is 0.318. The van der Waals surface area contributed by atoms with Gasteiger partial charge in [-0.1, -0.05) is 32.0 Å². The van der Waals surface area contributed by atoms with Gasteiger partial charge in [0.1, 0.15) is 29.9 Å². The SMILES string of the molecule is COC(=O)[C@@](O)(CC(C)C)P(=O)(OC[C@H]1O[C@@H](n2ccc(N)nc2=O)[C@@H]2OC(C)(C)O[C@@H]21)Oc1ccccc1. The standard InChI is InChI=1S/C25H34N3O10P/c1-15(2)13-25(31,22(29)33-5)39(32,38-16-9-7-6-8-10-16)34-14-17-19-20(37-24(3,4)36-19)21(35-17)28-12-11-18(26)27-23(28)30/h6-12,15,17,19-21,31H,13-14H2,1-5H3,(H2,26,27,30)/t17-,19-,20-,21-,25-,39?/m1/s1. The fourth-order valence-corrected chi connectivity index (χ4v) is 6.74. The summed E-state index contributed by atoms with van der Waals surface area (Å²) in [7, 11) is -3.64. The van der Waals surface area contributed by atoms with E-state index in [-0.39, 0.29) is 23.9 Å². The van der Waals surface area contributed by atoms with Crippen molar-refractivity contribution < 1.29 is 42.5 Å². The van der Waals surface area contributed by atoms with Crippen molar-refractivity contribution in [2.45, 2.75) is 69.8 Å². The highest BCUT2D eigenvalue weighted by Crippen LogP contribution is 2.61. The highest BCUT2D eigenvalue weighted by molar-refractivity contribution is 7.57. The molecule has 0 spiro atoms. The summed E-state index contributed by atoms with van der Waals surface area (Å²) in [5.74, 6) is -2.34. The van der Waals surface area contributed by atoms with Crippen LogP contribution < -0.4 is 15.9 Å². The summed E-state index contributed by atoms with van der Waals surface area (Å²) in [4.78, 5) is 29.1. The molecular formula is C25H34N3O10P. The van der Waals surface area contributed by atoms with E-state index in [0.29, 0.717) is 0 Å². The van der Waals surface area contributed by atoms with Gasteiger partial charge in [0.15, 0.2) is 12.0 Å². The maximum absolute atomic E-state index is 14.4. The molecule has 13 nitrogen and oxygen atoms in total. The van der Waals surface area contributed by atoms with E-state index in [2.05, 4.69) is 4.98 Å². The number of para-hydroxylation sites is 1. The Kier molecular flexibility index (Phi) is 8.23. The average Bonchev–Trinajstić information content (AvgIpc) is 3.35. The van der Waals surface area contributed by atoms with Crippen molar-refractivity contribution in [2.75, 3.05) is 19.5 Å². The zero-order valence-corrected chi connectivity index (χ0v) is 23.3. The molecule has 2 fully saturated rings. The zero-order chi connectivity index (χ0) is 28.6. The van der Waals surface area contributed by atoms with Gasteiger partial charge in [0.2, 0.25) is 0 Å². The second kappa shape index (κ2) is 11.0. The van der Waals surface area contributed by atoms with Crippen LogP contribution in [0.4, 0.5) is 5.82 Å². The lowest BCUT2D eigenvalue weighted by Gasteiger charge is -2.34. The molecule has 214 valence electrons. The number of aromatic nitrogens is 2. The molecule has 1 unspecified atom stereocenters. The first-order valence-corrected chi connectivity index (χ1v) is 14.0. The largest absolute Gasteiger partial charge is 0.466 e. The topological polar surface area (TPSA) is 171 Å². The molecule has 3 N–H and O–H groups in total. The predicted molar refractivity (Wildman–Crippen MR) is 138 cm³/mol. The van der Waals surface area contributed by atoms with Crippen molar-refractivity contribution in [1.82, 2.24) is 9.55 Å². The first-order chi connectivity index (χ1) is 18.3. The van der Waals surface area contributed by atoms with E-state index >= 15 is 0 Å². The third-order valence-electron chi connectivity index (χ3n) is 6.29. The van der Waals surface area contributed by atoms with Gasteiger partial charge in [0, 0.05) is 12.6 Å². The van der Waals surface area contributed by atoms with E-state index < -0.39 is 61.5 Å². The molecule has 2 aliphatic heterocycles. The van der Waals surface area contributed by atoms with Crippen LogP contribution in [0.25, 0.3) is 0 Å². The second-order valence-corrected chi connectivity index (χ2v) is 12.5. The lowest BCUT2D eigenvalue weighted by atomic mass is 10.1. The minimum absolute atomic E-state index is 0.0425. The molecule has 6 atom stereocenters. The predicted octanol–water partition coefficient (Wildman–Crippen LogP) is 2.44. The summed E-state index contributed by atoms with van der Waals surface area (Å²) < 4.78 is 50.1. The Bertz CT molecular complexity index is 1290. The second-order valence-electron chi connectivity index (χ2n) is 10.3. The Morgan fingerprint density at radius 1 is 1.23 bits per heavy atom. The summed E-state index contributed by atoms with van der Waals surface area (Å²) in [5, 5.41) is 8.89. The van der Waals surface area contributed by atoms with Crippen LogP contribution in [0.1, 0.15) is 40.3 Å². The summed E-state index contributed by atoms with van der Waals surface area (Å²) in [6.45, 7) is 6.43. The van der Waals surface area contributed by atoms with Crippen LogP contribution in [0.5, 0.6) is 5.75 Å². The van der Waals surface area contributed by atoms with Gasteiger partial charge in [-0.3, -0.25) is 9.09 Å². The summed E-state index contributed by atoms with van der Waals surface area (Å²) in [6.07, 6.45) is -2.30. The number of hydrogen-bond donors (Lipinski definition) is 2. The number of carbonyl (C=O) groups is 1. The normalized spacial score (nSPS) is 26.9. The van der Waals surface area contributed by atoms with Crippen molar-refractivity contribution >= 4 is 19.4 Å². The Morgan fingerprint density at radius 3 is 2.51 bits per heavy atom. The van der Waals surface area contributed by atoms with Crippen LogP contribution in [0.3, 0.4) is 0 Å². The van der Waals surface area contributed by atoms with E-state index in [4.69, 9.17) is 33.7 Å². The molecule has 39 heavy (non-hydrogen) atoms. The number of ether oxygens (including phenoxy) is 4. The van der Waals surface area contributed by atoms with Crippen LogP contribution in [-0.4, -0.2) is 63.8 Å². The Balaban J connectivity index is 1.67. The van der Waals surface area contributed by atoms with Gasteiger partial charge in [-0.05, 0) is 38.0 Å². The van der Waals surface area contributed by atoms with Crippen molar-refractivity contribution in [3.63, 3.8) is 0 Å². The molecule has 3 heterocycles. The number of fused-ring (bicyclic) bond motifs is 1. The molecule has 1 aromatic carbocycles. The highest BCUT2D eigenvalue weighted by atomic mass is 31.2. The molecule has 2 aromatic rings. The number of aliphatic hydroxyl groups is 1. The number of hydrogen-bond acceptors (Lipinski definition) is 12. The molecule has 0 amide bonds. The van der Waals surface area contributed by atoms with E-state index in [9.17, 15) is 19.3 Å². The van der Waals surface area contributed by atoms with Crippen molar-refractivity contribution in [3.05, 3.63) is 53.1 Å². The fraction of sp³-hybridized carbons (Fsp3) is 0.560. The average molecular weight is 568 g/mol. The van der Waals surface area contributed by atoms with Crippen LogP contribution in [0.2, 0.25) is 0 Å². The van der Waals surface area contributed by atoms with Gasteiger partial charge >= 0.3 is 19.3 Å². The fourth-order valence-electron chi connectivity index (χ4n) is 4.68. The minimum Gasteiger partial charge on any atom is -0.466 e. The molecule has 4 rings (SSSR count). The molecule has 0 aliphatic carbocycles. The third-order valence-corrected chi connectivity index (χ3v) is 8.50. The highest BCUT2D eigenvalue weighted by Gasteiger charge is 2.61. The third kappa shape index (κ3) is 5.88. The van der Waals surface area contributed by atoms with Crippen LogP contribution in [0.15, 0.2) is 47.4 Å². The van der Waals surface area contributed by atoms with Gasteiger partial charge in [0.25, 0.3) is 5.34 Å². The molecule has 1 aromatic heterocycles. The number of benzene rings is 1.